The van der Waals surface area contributed by atoms with Crippen molar-refractivity contribution >= 4 is 43.1 Å². The third-order valence-electron chi connectivity index (χ3n) is 0.794. The summed E-state index contributed by atoms with van der Waals surface area (Å²) in [6.07, 6.45) is -4.71. The molecule has 0 aliphatic carbocycles. The van der Waals surface area contributed by atoms with E-state index in [4.69, 9.17) is 67.9 Å². The van der Waals surface area contributed by atoms with E-state index >= 15 is 0 Å². The Labute approximate surface area is 353 Å². The van der Waals surface area contributed by atoms with E-state index in [1.165, 1.54) is 0 Å². The van der Waals surface area contributed by atoms with Gasteiger partial charge in [-0.05, 0) is 0 Å². The molecular weight excluding hydrogens is 763 g/mol. The summed E-state index contributed by atoms with van der Waals surface area (Å²) in [7, 11) is -15.0. The monoisotopic (exact) mass is 769 g/mol. The summed E-state index contributed by atoms with van der Waals surface area (Å²) in [5, 5.41) is 34.1. The third kappa shape index (κ3) is 130. The maximum absolute atomic E-state index is 9.74. The number of carbonyl (C=O) groups is 2. The van der Waals surface area contributed by atoms with Gasteiger partial charge in [-0.3, -0.25) is 25.9 Å². The molecule has 0 aliphatic heterocycles. The fourth-order valence-corrected chi connectivity index (χ4v) is 0.264. The zero-order chi connectivity index (χ0) is 21.8. The van der Waals surface area contributed by atoms with E-state index in [2.05, 4.69) is 0 Å². The van der Waals surface area contributed by atoms with Crippen LogP contribution in [-0.4, -0.2) is 92.0 Å². The molecule has 0 spiro atoms. The Morgan fingerprint density at radius 1 is 0.710 bits per heavy atom. The number of carbonyl (C=O) groups excluding carboxylic acids is 1. The first-order valence-corrected chi connectivity index (χ1v) is 8.36. The molecule has 0 rings (SSSR count). The van der Waals surface area contributed by atoms with Crippen LogP contribution in [0.4, 0.5) is 0 Å². The van der Waals surface area contributed by atoms with Crippen LogP contribution in [-0.2, 0) is 57.9 Å². The van der Waals surface area contributed by atoms with E-state index in [0.717, 1.165) is 0 Å². The van der Waals surface area contributed by atoms with Crippen molar-refractivity contribution in [1.29, 1.82) is 0 Å². The van der Waals surface area contributed by atoms with Gasteiger partial charge in [-0.2, -0.15) is 8.42 Å². The number of halogens is 1. The van der Waals surface area contributed by atoms with E-state index in [9.17, 15) is 14.7 Å². The topological polar surface area (TPSA) is 353 Å². The van der Waals surface area contributed by atoms with Gasteiger partial charge in [-0.15, -0.1) is 0 Å². The second-order valence-corrected chi connectivity index (χ2v) is 5.34. The van der Waals surface area contributed by atoms with Gasteiger partial charge in [0, 0.05) is 20.8 Å². The predicted octanol–water partition coefficient (Wildman–Crippen LogP) is -21.8. The molecule has 0 saturated carbocycles. The smallest absolute Gasteiger partial charge is 1.00 e. The number of aliphatic hydroxyl groups is 2. The molecule has 2 atom stereocenters. The molecule has 31 heavy (non-hydrogen) atoms. The maximum Gasteiger partial charge on any atom is 2.00 e. The van der Waals surface area contributed by atoms with Crippen molar-refractivity contribution in [2.75, 3.05) is 0 Å². The average Bonchev–Trinajstić information content (AvgIpc) is 2.19. The summed E-state index contributed by atoms with van der Waals surface area (Å²) in [4.78, 5) is 19.4. The molecular formula is C4H7CuIK3NaO18S3. The van der Waals surface area contributed by atoms with Crippen LogP contribution in [0.2, 0.25) is 0 Å². The summed E-state index contributed by atoms with van der Waals surface area (Å²) < 4.78 is 99.7. The van der Waals surface area contributed by atoms with Crippen LogP contribution >= 0.6 is 0 Å². The minimum Gasteiger partial charge on any atom is -1.00 e. The number of hydrogen-bond acceptors (Lipinski definition) is 15. The standard InChI is InChI=1S/C4H6O6.Cu.HI.3K.Na.3H2O4S/c5-1(3(7)8)2(6)4(9)10;;;;;;;3*1-5(2,3)4/h1-2,5-6H,(H,7,8)(H,9,10);;1H;;;;;3*(H2,1,2,3,4)/q;+2;;4*+1;;;/p-6. The Morgan fingerprint density at radius 2 is 0.839 bits per heavy atom. The molecule has 18 nitrogen and oxygen atoms in total. The number of aliphatic hydroxyl groups excluding tert-OH is 2. The van der Waals surface area contributed by atoms with Gasteiger partial charge < -0.3 is 67.4 Å². The number of aliphatic carboxylic acids is 2. The number of rotatable bonds is 3. The van der Waals surface area contributed by atoms with E-state index in [0.29, 0.717) is 0 Å². The molecule has 27 heteroatoms. The first-order chi connectivity index (χ1) is 10.5. The largest absolute Gasteiger partial charge is 2.00 e. The fraction of sp³-hybridized carbons (Fsp3) is 0.500. The van der Waals surface area contributed by atoms with Gasteiger partial charge in [0.1, 0.15) is 6.10 Å². The zero-order valence-corrected chi connectivity index (χ0v) is 32.5. The first-order valence-electron chi connectivity index (χ1n) is 4.29. The predicted molar refractivity (Wildman–Crippen MR) is 59.8 cm³/mol. The summed E-state index contributed by atoms with van der Waals surface area (Å²) >= 11 is 0. The summed E-state index contributed by atoms with van der Waals surface area (Å²) in [5.41, 5.74) is 0. The second-order valence-electron chi connectivity index (χ2n) is 2.81. The van der Waals surface area contributed by atoms with Gasteiger partial charge in [0.2, 0.25) is 0 Å². The van der Waals surface area contributed by atoms with Crippen molar-refractivity contribution < 1.29 is 307 Å². The Kier molecular flexibility index (Phi) is 71.2. The van der Waals surface area contributed by atoms with Gasteiger partial charge >= 0.3 is 217 Å². The third-order valence-corrected chi connectivity index (χ3v) is 0.794. The van der Waals surface area contributed by atoms with E-state index in [-0.39, 0.29) is 225 Å². The van der Waals surface area contributed by atoms with Crippen molar-refractivity contribution in [3.63, 3.8) is 0 Å². The maximum atomic E-state index is 9.74. The van der Waals surface area contributed by atoms with Crippen molar-refractivity contribution in [3.05, 3.63) is 0 Å². The summed E-state index contributed by atoms with van der Waals surface area (Å²) in [6.45, 7) is 0. The van der Waals surface area contributed by atoms with E-state index < -0.39 is 55.3 Å². The fourth-order valence-electron chi connectivity index (χ4n) is 0.264. The summed E-state index contributed by atoms with van der Waals surface area (Å²) in [5.74, 6) is -3.83. The molecule has 0 amide bonds. The van der Waals surface area contributed by atoms with Crippen LogP contribution in [0.25, 0.3) is 0 Å². The van der Waals surface area contributed by atoms with Crippen LogP contribution in [0.5, 0.6) is 0 Å². The quantitative estimate of drug-likeness (QED) is 0.0770. The second kappa shape index (κ2) is 33.7. The first kappa shape index (κ1) is 65.6. The normalized spacial score (nSPS) is 10.7. The average molecular weight is 770 g/mol. The van der Waals surface area contributed by atoms with Crippen LogP contribution in [0.15, 0.2) is 0 Å². The molecule has 1 radical (unpaired) electrons. The van der Waals surface area contributed by atoms with Crippen molar-refractivity contribution in [2.24, 2.45) is 0 Å². The zero-order valence-electron chi connectivity index (χ0n) is 15.6. The van der Waals surface area contributed by atoms with E-state index in [1.54, 1.807) is 0 Å². The molecule has 0 heterocycles. The Balaban J connectivity index is -0.0000000234. The molecule has 2 unspecified atom stereocenters. The van der Waals surface area contributed by atoms with E-state index in [1.807, 2.05) is 0 Å². The molecule has 171 valence electrons. The number of carboxylic acid groups (broad SMARTS) is 2. The molecule has 0 bridgehead atoms. The van der Waals surface area contributed by atoms with Crippen molar-refractivity contribution in [2.45, 2.75) is 12.2 Å². The minimum absolute atomic E-state index is 0. The summed E-state index contributed by atoms with van der Waals surface area (Å²) in [6, 6.07) is 0. The Bertz CT molecular complexity index is 615. The molecule has 0 aromatic heterocycles. The molecule has 5 N–H and O–H groups in total. The Morgan fingerprint density at radius 3 is 0.871 bits per heavy atom. The molecule has 0 aromatic rings. The SMILES string of the molecule is O=C([O-])C(O)C(O)C(=O)O.O=S(=O)(O)O.O=S(=O)([O-])[O-].O=S(=O)([O-])[O-].[Cu+2].[I-].[K+].[K+].[K+].[Na+]. The molecule has 0 fully saturated rings. The van der Waals surface area contributed by atoms with Gasteiger partial charge in [-0.1, -0.05) is 0 Å². The van der Waals surface area contributed by atoms with Gasteiger partial charge in [0.05, 0.1) is 5.97 Å². The van der Waals surface area contributed by atoms with Crippen LogP contribution in [0.1, 0.15) is 0 Å². The van der Waals surface area contributed by atoms with Crippen LogP contribution in [0.3, 0.4) is 0 Å². The van der Waals surface area contributed by atoms with Crippen LogP contribution < -0.4 is 213 Å². The minimum atomic E-state index is -5.17. The molecule has 0 aliphatic rings. The molecule has 0 aromatic carbocycles. The van der Waals surface area contributed by atoms with Crippen molar-refractivity contribution in [1.82, 2.24) is 0 Å². The molecule has 0 saturated heterocycles. The van der Waals surface area contributed by atoms with Crippen molar-refractivity contribution in [3.8, 4) is 0 Å². The van der Waals surface area contributed by atoms with Gasteiger partial charge in [0.25, 0.3) is 0 Å². The Hall–Kier alpha value is 5.63. The van der Waals surface area contributed by atoms with Crippen LogP contribution in [0, 0.1) is 0 Å². The number of hydrogen-bond donors (Lipinski definition) is 5. The van der Waals surface area contributed by atoms with Gasteiger partial charge in [0.15, 0.2) is 6.10 Å². The van der Waals surface area contributed by atoms with Gasteiger partial charge in [-0.25, -0.2) is 4.79 Å². The number of carboxylic acids is 2.